The lowest BCUT2D eigenvalue weighted by Gasteiger charge is -2.35. The predicted molar refractivity (Wildman–Crippen MR) is 164 cm³/mol. The second-order valence-corrected chi connectivity index (χ2v) is 11.5. The summed E-state index contributed by atoms with van der Waals surface area (Å²) in [4.78, 5) is 7.49. The first-order valence-electron chi connectivity index (χ1n) is 13.5. The molecule has 0 spiro atoms. The number of piperidine rings is 1. The van der Waals surface area contributed by atoms with Gasteiger partial charge in [-0.3, -0.25) is 0 Å². The molecule has 0 amide bonds. The summed E-state index contributed by atoms with van der Waals surface area (Å²) in [6.45, 7) is 4.09. The van der Waals surface area contributed by atoms with Gasteiger partial charge in [0.1, 0.15) is 5.82 Å². The Labute approximate surface area is 243 Å². The maximum Gasteiger partial charge on any atom is 0.172 e. The number of nitrogens with one attached hydrogen (secondary N) is 1. The molecule has 3 heterocycles. The van der Waals surface area contributed by atoms with Crippen molar-refractivity contribution in [1.82, 2.24) is 19.5 Å². The number of anilines is 1. The second kappa shape index (κ2) is 11.9. The minimum Gasteiger partial charge on any atom is -0.370 e. The molecule has 2 aromatic heterocycles. The van der Waals surface area contributed by atoms with E-state index >= 15 is 0 Å². The summed E-state index contributed by atoms with van der Waals surface area (Å²) < 4.78 is 2.72. The highest BCUT2D eigenvalue weighted by Gasteiger charge is 2.24. The van der Waals surface area contributed by atoms with Crippen LogP contribution in [0.4, 0.5) is 5.82 Å². The Kier molecular flexibility index (Phi) is 7.95. The van der Waals surface area contributed by atoms with Gasteiger partial charge in [0.15, 0.2) is 5.65 Å². The molecule has 1 unspecified atom stereocenters. The number of halogens is 2. The van der Waals surface area contributed by atoms with Crippen LogP contribution in [0.15, 0.2) is 102 Å². The molecule has 39 heavy (non-hydrogen) atoms. The van der Waals surface area contributed by atoms with E-state index in [1.807, 2.05) is 28.8 Å². The van der Waals surface area contributed by atoms with Crippen LogP contribution >= 0.6 is 27.5 Å². The maximum absolute atomic E-state index is 6.52. The van der Waals surface area contributed by atoms with Crippen LogP contribution in [0.1, 0.15) is 29.9 Å². The molecule has 5 aromatic rings. The molecule has 1 saturated heterocycles. The number of hydrogen-bond donors (Lipinski definition) is 1. The van der Waals surface area contributed by atoms with Crippen LogP contribution in [0.25, 0.3) is 16.9 Å². The summed E-state index contributed by atoms with van der Waals surface area (Å²) in [6, 6.07) is 31.7. The van der Waals surface area contributed by atoms with Crippen molar-refractivity contribution in [3.05, 3.63) is 118 Å². The summed E-state index contributed by atoms with van der Waals surface area (Å²) in [6.07, 6.45) is 4.20. The summed E-state index contributed by atoms with van der Waals surface area (Å²) in [5.74, 6) is 1.82. The van der Waals surface area contributed by atoms with E-state index in [4.69, 9.17) is 16.6 Å². The lowest BCUT2D eigenvalue weighted by molar-refractivity contribution is 0.176. The minimum absolute atomic E-state index is 0.360. The molecule has 1 N–H and O–H groups in total. The van der Waals surface area contributed by atoms with Crippen molar-refractivity contribution in [3.63, 3.8) is 0 Å². The van der Waals surface area contributed by atoms with Crippen molar-refractivity contribution in [1.29, 1.82) is 0 Å². The summed E-state index contributed by atoms with van der Waals surface area (Å²) in [5.41, 5.74) is 5.26. The topological polar surface area (TPSA) is 45.5 Å². The SMILES string of the molecule is Clc1ccccc1-c1cc(NCC2CCCN(CC(c3ccccc3)c3ccccc3)C2)n2ncc(Br)c2n1. The van der Waals surface area contributed by atoms with Crippen molar-refractivity contribution < 1.29 is 0 Å². The molecule has 198 valence electrons. The molecule has 1 aliphatic heterocycles. The van der Waals surface area contributed by atoms with E-state index < -0.39 is 0 Å². The van der Waals surface area contributed by atoms with Gasteiger partial charge in [-0.25, -0.2) is 4.98 Å². The lowest BCUT2D eigenvalue weighted by Crippen LogP contribution is -2.40. The van der Waals surface area contributed by atoms with E-state index in [-0.39, 0.29) is 0 Å². The number of hydrogen-bond acceptors (Lipinski definition) is 4. The second-order valence-electron chi connectivity index (χ2n) is 10.3. The predicted octanol–water partition coefficient (Wildman–Crippen LogP) is 7.77. The number of benzene rings is 3. The largest absolute Gasteiger partial charge is 0.370 e. The van der Waals surface area contributed by atoms with Gasteiger partial charge in [0.25, 0.3) is 0 Å². The summed E-state index contributed by atoms with van der Waals surface area (Å²) in [5, 5.41) is 8.95. The number of likely N-dealkylation sites (tertiary alicyclic amines) is 1. The number of fused-ring (bicyclic) bond motifs is 1. The highest BCUT2D eigenvalue weighted by molar-refractivity contribution is 9.10. The molecule has 6 rings (SSSR count). The van der Waals surface area contributed by atoms with Gasteiger partial charge in [-0.2, -0.15) is 9.61 Å². The Hall–Kier alpha value is -3.19. The zero-order valence-corrected chi connectivity index (χ0v) is 24.0. The third kappa shape index (κ3) is 5.88. The van der Waals surface area contributed by atoms with Gasteiger partial charge < -0.3 is 10.2 Å². The molecule has 0 radical (unpaired) electrons. The van der Waals surface area contributed by atoms with E-state index in [9.17, 15) is 0 Å². The molecule has 1 fully saturated rings. The zero-order valence-electron chi connectivity index (χ0n) is 21.7. The van der Waals surface area contributed by atoms with E-state index in [0.717, 1.165) is 53.4 Å². The molecular formula is C32H31BrClN5. The first-order chi connectivity index (χ1) is 19.2. The Morgan fingerprint density at radius 2 is 1.64 bits per heavy atom. The van der Waals surface area contributed by atoms with Crippen LogP contribution in [0.5, 0.6) is 0 Å². The normalized spacial score (nSPS) is 16.1. The highest BCUT2D eigenvalue weighted by Crippen LogP contribution is 2.31. The minimum atomic E-state index is 0.360. The summed E-state index contributed by atoms with van der Waals surface area (Å²) in [7, 11) is 0. The Balaban J connectivity index is 1.19. The van der Waals surface area contributed by atoms with Crippen molar-refractivity contribution in [2.75, 3.05) is 31.5 Å². The number of rotatable bonds is 8. The van der Waals surface area contributed by atoms with Gasteiger partial charge in [0.2, 0.25) is 0 Å². The average Bonchev–Trinajstić information content (AvgIpc) is 3.36. The van der Waals surface area contributed by atoms with Crippen LogP contribution in [0.2, 0.25) is 5.02 Å². The molecule has 0 aliphatic carbocycles. The molecule has 1 atom stereocenters. The molecule has 0 bridgehead atoms. The maximum atomic E-state index is 6.52. The van der Waals surface area contributed by atoms with E-state index in [1.165, 1.54) is 24.0 Å². The van der Waals surface area contributed by atoms with Crippen LogP contribution in [-0.4, -0.2) is 45.7 Å². The van der Waals surface area contributed by atoms with Gasteiger partial charge >= 0.3 is 0 Å². The van der Waals surface area contributed by atoms with Gasteiger partial charge in [-0.15, -0.1) is 0 Å². The van der Waals surface area contributed by atoms with E-state index in [2.05, 4.69) is 98.0 Å². The fourth-order valence-electron chi connectivity index (χ4n) is 5.63. The highest BCUT2D eigenvalue weighted by atomic mass is 79.9. The van der Waals surface area contributed by atoms with Crippen LogP contribution in [-0.2, 0) is 0 Å². The molecular weight excluding hydrogens is 570 g/mol. The summed E-state index contributed by atoms with van der Waals surface area (Å²) >= 11 is 10.1. The first kappa shape index (κ1) is 26.1. The lowest BCUT2D eigenvalue weighted by atomic mass is 9.89. The third-order valence-corrected chi connectivity index (χ3v) is 8.49. The quantitative estimate of drug-likeness (QED) is 0.198. The standard InChI is InChI=1S/C32H31BrClN5/c33-28-20-36-39-31(18-30(37-32(28)39)26-15-7-8-16-29(26)34)35-19-23-10-9-17-38(21-23)22-27(24-11-3-1-4-12-24)25-13-5-2-6-14-25/h1-8,11-16,18,20,23,27,35H,9-10,17,19,21-22H2. The smallest absolute Gasteiger partial charge is 0.172 e. The zero-order chi connectivity index (χ0) is 26.6. The Bertz CT molecular complexity index is 1500. The van der Waals surface area contributed by atoms with Gasteiger partial charge in [-0.1, -0.05) is 90.5 Å². The van der Waals surface area contributed by atoms with Crippen LogP contribution in [0.3, 0.4) is 0 Å². The molecule has 7 heteroatoms. The van der Waals surface area contributed by atoms with Crippen molar-refractivity contribution in [2.24, 2.45) is 5.92 Å². The Morgan fingerprint density at radius 3 is 2.36 bits per heavy atom. The van der Waals surface area contributed by atoms with Crippen molar-refractivity contribution in [3.8, 4) is 11.3 Å². The fraction of sp³-hybridized carbons (Fsp3) is 0.250. The molecule has 1 aliphatic rings. The fourth-order valence-corrected chi connectivity index (χ4v) is 6.21. The third-order valence-electron chi connectivity index (χ3n) is 7.60. The average molecular weight is 601 g/mol. The Morgan fingerprint density at radius 1 is 0.949 bits per heavy atom. The number of nitrogens with zero attached hydrogens (tertiary/aromatic N) is 4. The van der Waals surface area contributed by atoms with Crippen molar-refractivity contribution >= 4 is 39.0 Å². The van der Waals surface area contributed by atoms with Crippen molar-refractivity contribution in [2.45, 2.75) is 18.8 Å². The van der Waals surface area contributed by atoms with Gasteiger partial charge in [-0.05, 0) is 58.4 Å². The molecule has 5 nitrogen and oxygen atoms in total. The monoisotopic (exact) mass is 599 g/mol. The first-order valence-corrected chi connectivity index (χ1v) is 14.7. The molecule has 3 aromatic carbocycles. The number of aromatic nitrogens is 3. The molecule has 0 saturated carbocycles. The van der Waals surface area contributed by atoms with Gasteiger partial charge in [0, 0.05) is 42.2 Å². The van der Waals surface area contributed by atoms with E-state index in [0.29, 0.717) is 16.9 Å². The van der Waals surface area contributed by atoms with Gasteiger partial charge in [0.05, 0.1) is 16.4 Å². The van der Waals surface area contributed by atoms with Crippen LogP contribution in [0, 0.1) is 5.92 Å². The van der Waals surface area contributed by atoms with E-state index in [1.54, 1.807) is 6.20 Å². The van der Waals surface area contributed by atoms with Crippen LogP contribution < -0.4 is 5.32 Å².